The van der Waals surface area contributed by atoms with E-state index in [1.807, 2.05) is 0 Å². The van der Waals surface area contributed by atoms with Crippen molar-refractivity contribution < 1.29 is 19.4 Å². The van der Waals surface area contributed by atoms with Gasteiger partial charge in [-0.3, -0.25) is 4.79 Å². The van der Waals surface area contributed by atoms with E-state index in [9.17, 15) is 9.59 Å². The number of Topliss-reactive ketones (excluding diaryl/α,β-unsaturated/α-hetero) is 1. The largest absolute Gasteiger partial charge is 0.466 e. The number of ether oxygens (including phenoxy) is 1. The fourth-order valence-corrected chi connectivity index (χ4v) is 1.60. The molecule has 0 saturated heterocycles. The van der Waals surface area contributed by atoms with E-state index in [2.05, 4.69) is 6.92 Å². The van der Waals surface area contributed by atoms with Gasteiger partial charge in [0.1, 0.15) is 5.78 Å². The minimum Gasteiger partial charge on any atom is -0.466 e. The Morgan fingerprint density at radius 1 is 1.11 bits per heavy atom. The summed E-state index contributed by atoms with van der Waals surface area (Å²) in [5.41, 5.74) is 0. The van der Waals surface area contributed by atoms with Crippen LogP contribution in [0.4, 0.5) is 0 Å². The third-order valence-electron chi connectivity index (χ3n) is 2.90. The number of carbonyl (C=O) groups excluding carboxylic acids is 2. The molecule has 1 atom stereocenters. The van der Waals surface area contributed by atoms with E-state index in [4.69, 9.17) is 9.84 Å². The van der Waals surface area contributed by atoms with Gasteiger partial charge >= 0.3 is 5.97 Å². The molecule has 0 aromatic heterocycles. The molecule has 106 valence electrons. The summed E-state index contributed by atoms with van der Waals surface area (Å²) in [6.45, 7) is 4.29. The molecule has 1 N–H and O–H groups in total. The van der Waals surface area contributed by atoms with Crippen LogP contribution in [0.15, 0.2) is 0 Å². The Kier molecular flexibility index (Phi) is 10.6. The molecule has 0 radical (unpaired) electrons. The van der Waals surface area contributed by atoms with Crippen LogP contribution in [0.1, 0.15) is 58.8 Å². The van der Waals surface area contributed by atoms with E-state index in [-0.39, 0.29) is 18.4 Å². The molecule has 4 nitrogen and oxygen atoms in total. The first-order valence-electron chi connectivity index (χ1n) is 6.82. The van der Waals surface area contributed by atoms with Gasteiger partial charge in [-0.05, 0) is 38.5 Å². The van der Waals surface area contributed by atoms with Crippen LogP contribution in [0, 0.1) is 5.92 Å². The zero-order valence-corrected chi connectivity index (χ0v) is 11.6. The lowest BCUT2D eigenvalue weighted by atomic mass is 10.0. The Hall–Kier alpha value is -0.900. The number of aliphatic hydroxyl groups excluding tert-OH is 1. The number of esters is 1. The van der Waals surface area contributed by atoms with Gasteiger partial charge < -0.3 is 14.6 Å². The molecule has 0 aromatic carbocycles. The second kappa shape index (κ2) is 11.2. The van der Waals surface area contributed by atoms with Crippen LogP contribution in [0.25, 0.3) is 0 Å². The fourth-order valence-electron chi connectivity index (χ4n) is 1.60. The van der Waals surface area contributed by atoms with Gasteiger partial charge in [-0.25, -0.2) is 0 Å². The summed E-state index contributed by atoms with van der Waals surface area (Å²) in [5, 5.41) is 8.58. The molecular formula is C14H26O4. The lowest BCUT2D eigenvalue weighted by Gasteiger charge is -2.10. The molecule has 0 aliphatic heterocycles. The smallest absolute Gasteiger partial charge is 0.305 e. The maximum Gasteiger partial charge on any atom is 0.305 e. The van der Waals surface area contributed by atoms with E-state index in [0.717, 1.165) is 32.1 Å². The highest BCUT2D eigenvalue weighted by Gasteiger charge is 2.06. The average Bonchev–Trinajstić information content (AvgIpc) is 2.32. The molecule has 0 spiro atoms. The Balaban J connectivity index is 3.41. The fraction of sp³-hybridized carbons (Fsp3) is 0.857. The maximum atomic E-state index is 11.3. The number of aliphatic hydroxyl groups is 1. The summed E-state index contributed by atoms with van der Waals surface area (Å²) in [4.78, 5) is 22.1. The Bertz CT molecular complexity index is 238. The van der Waals surface area contributed by atoms with Crippen LogP contribution in [-0.2, 0) is 14.3 Å². The number of hydrogen-bond donors (Lipinski definition) is 1. The molecule has 18 heavy (non-hydrogen) atoms. The van der Waals surface area contributed by atoms with Crippen molar-refractivity contribution in [1.29, 1.82) is 0 Å². The zero-order valence-electron chi connectivity index (χ0n) is 11.6. The number of ketones is 1. The first-order valence-corrected chi connectivity index (χ1v) is 6.82. The summed E-state index contributed by atoms with van der Waals surface area (Å²) in [5.74, 6) is 0.463. The molecule has 0 bridgehead atoms. The van der Waals surface area contributed by atoms with Crippen LogP contribution in [0.3, 0.4) is 0 Å². The molecule has 4 heteroatoms. The van der Waals surface area contributed by atoms with Crippen molar-refractivity contribution in [3.05, 3.63) is 0 Å². The Labute approximate surface area is 110 Å². The molecule has 0 aliphatic rings. The van der Waals surface area contributed by atoms with Gasteiger partial charge in [-0.15, -0.1) is 0 Å². The minimum absolute atomic E-state index is 0.160. The van der Waals surface area contributed by atoms with Gasteiger partial charge in [0, 0.05) is 19.4 Å². The first kappa shape index (κ1) is 17.1. The highest BCUT2D eigenvalue weighted by molar-refractivity contribution is 5.75. The minimum atomic E-state index is -0.160. The van der Waals surface area contributed by atoms with Gasteiger partial charge in [0.15, 0.2) is 0 Å². The third-order valence-corrected chi connectivity index (χ3v) is 2.90. The molecule has 0 fully saturated rings. The number of carbonyl (C=O) groups is 2. The molecule has 0 heterocycles. The normalized spacial score (nSPS) is 12.2. The molecule has 1 unspecified atom stereocenters. The van der Waals surface area contributed by atoms with E-state index in [0.29, 0.717) is 25.4 Å². The van der Waals surface area contributed by atoms with Gasteiger partial charge in [0.25, 0.3) is 0 Å². The maximum absolute atomic E-state index is 11.3. The van der Waals surface area contributed by atoms with Crippen molar-refractivity contribution in [2.24, 2.45) is 5.92 Å². The van der Waals surface area contributed by atoms with E-state index < -0.39 is 0 Å². The molecule has 0 amide bonds. The molecular weight excluding hydrogens is 232 g/mol. The van der Waals surface area contributed by atoms with E-state index >= 15 is 0 Å². The highest BCUT2D eigenvalue weighted by atomic mass is 16.5. The second-order valence-electron chi connectivity index (χ2n) is 4.89. The number of rotatable bonds is 11. The van der Waals surface area contributed by atoms with E-state index in [1.165, 1.54) is 0 Å². The van der Waals surface area contributed by atoms with Gasteiger partial charge in [0.05, 0.1) is 6.61 Å². The van der Waals surface area contributed by atoms with Crippen molar-refractivity contribution in [2.45, 2.75) is 58.8 Å². The molecule has 0 aromatic rings. The molecule has 0 rings (SSSR count). The lowest BCUT2D eigenvalue weighted by molar-refractivity contribution is -0.144. The highest BCUT2D eigenvalue weighted by Crippen LogP contribution is 2.11. The summed E-state index contributed by atoms with van der Waals surface area (Å²) in [7, 11) is 0. The van der Waals surface area contributed by atoms with Crippen LogP contribution in [0.2, 0.25) is 0 Å². The second-order valence-corrected chi connectivity index (χ2v) is 4.89. The zero-order chi connectivity index (χ0) is 13.8. The third kappa shape index (κ3) is 11.6. The van der Waals surface area contributed by atoms with Crippen molar-refractivity contribution >= 4 is 11.8 Å². The number of hydrogen-bond acceptors (Lipinski definition) is 4. The average molecular weight is 258 g/mol. The Morgan fingerprint density at radius 2 is 1.83 bits per heavy atom. The van der Waals surface area contributed by atoms with Crippen molar-refractivity contribution in [3.63, 3.8) is 0 Å². The number of unbranched alkanes of at least 4 members (excludes halogenated alkanes) is 2. The predicted octanol–water partition coefficient (Wildman–Crippen LogP) is 2.48. The van der Waals surface area contributed by atoms with Crippen LogP contribution < -0.4 is 0 Å². The first-order chi connectivity index (χ1) is 8.56. The van der Waals surface area contributed by atoms with Crippen molar-refractivity contribution in [1.82, 2.24) is 0 Å². The lowest BCUT2D eigenvalue weighted by Crippen LogP contribution is -2.09. The monoisotopic (exact) mass is 258 g/mol. The van der Waals surface area contributed by atoms with Crippen LogP contribution in [0.5, 0.6) is 0 Å². The summed E-state index contributed by atoms with van der Waals surface area (Å²) in [6, 6.07) is 0. The molecule has 0 aliphatic carbocycles. The van der Waals surface area contributed by atoms with Crippen LogP contribution >= 0.6 is 0 Å². The van der Waals surface area contributed by atoms with Crippen molar-refractivity contribution in [2.75, 3.05) is 13.2 Å². The summed E-state index contributed by atoms with van der Waals surface area (Å²) in [6.07, 6.45) is 5.10. The van der Waals surface area contributed by atoms with Gasteiger partial charge in [-0.1, -0.05) is 13.3 Å². The van der Waals surface area contributed by atoms with Crippen molar-refractivity contribution in [3.8, 4) is 0 Å². The SMILES string of the molecule is CC(=O)CCC(C)CCOC(=O)CCCCCO. The standard InChI is InChI=1S/C14H26O4/c1-12(7-8-13(2)16)9-11-18-14(17)6-4-3-5-10-15/h12,15H,3-11H2,1-2H3. The summed E-state index contributed by atoms with van der Waals surface area (Å²) >= 11 is 0. The van der Waals surface area contributed by atoms with E-state index in [1.54, 1.807) is 6.92 Å². The predicted molar refractivity (Wildman–Crippen MR) is 70.2 cm³/mol. The van der Waals surface area contributed by atoms with Gasteiger partial charge in [-0.2, -0.15) is 0 Å². The molecule has 0 saturated carbocycles. The Morgan fingerprint density at radius 3 is 2.44 bits per heavy atom. The topological polar surface area (TPSA) is 63.6 Å². The summed E-state index contributed by atoms with van der Waals surface area (Å²) < 4.78 is 5.11. The van der Waals surface area contributed by atoms with Crippen LogP contribution in [-0.4, -0.2) is 30.1 Å². The van der Waals surface area contributed by atoms with Gasteiger partial charge in [0.2, 0.25) is 0 Å². The quantitative estimate of drug-likeness (QED) is 0.457.